The number of benzene rings is 2. The SMILES string of the molecule is O=C(NNc1ccc(Cl)cc1Cl)Nc1ccc2c(c1)OCO2. The number of hydrogen-bond donors (Lipinski definition) is 3. The molecule has 1 heterocycles. The van der Waals surface area contributed by atoms with Crippen molar-refractivity contribution in [3.63, 3.8) is 0 Å². The van der Waals surface area contributed by atoms with Gasteiger partial charge in [-0.05, 0) is 30.3 Å². The summed E-state index contributed by atoms with van der Waals surface area (Å²) in [5.41, 5.74) is 6.29. The zero-order chi connectivity index (χ0) is 15.5. The van der Waals surface area contributed by atoms with Crippen molar-refractivity contribution in [2.75, 3.05) is 17.5 Å². The molecule has 0 radical (unpaired) electrons. The van der Waals surface area contributed by atoms with Crippen LogP contribution in [0.2, 0.25) is 10.0 Å². The van der Waals surface area contributed by atoms with E-state index in [0.29, 0.717) is 32.9 Å². The van der Waals surface area contributed by atoms with E-state index in [1.807, 2.05) is 0 Å². The quantitative estimate of drug-likeness (QED) is 0.742. The molecule has 0 saturated heterocycles. The molecule has 2 aromatic rings. The van der Waals surface area contributed by atoms with Crippen LogP contribution in [0.3, 0.4) is 0 Å². The van der Waals surface area contributed by atoms with Gasteiger partial charge in [0.2, 0.25) is 6.79 Å². The van der Waals surface area contributed by atoms with E-state index in [2.05, 4.69) is 16.2 Å². The highest BCUT2D eigenvalue weighted by Crippen LogP contribution is 2.34. The number of carbonyl (C=O) groups is 1. The Labute approximate surface area is 136 Å². The van der Waals surface area contributed by atoms with Gasteiger partial charge in [0.25, 0.3) is 0 Å². The predicted octanol–water partition coefficient (Wildman–Crippen LogP) is 3.87. The molecule has 0 unspecified atom stereocenters. The molecule has 0 atom stereocenters. The Hall–Kier alpha value is -2.31. The van der Waals surface area contributed by atoms with Crippen molar-refractivity contribution >= 4 is 40.6 Å². The Morgan fingerprint density at radius 3 is 2.68 bits per heavy atom. The molecule has 8 heteroatoms. The summed E-state index contributed by atoms with van der Waals surface area (Å²) >= 11 is 11.8. The van der Waals surface area contributed by atoms with Crippen LogP contribution in [0, 0.1) is 0 Å². The molecule has 0 spiro atoms. The first-order chi connectivity index (χ1) is 10.6. The first kappa shape index (κ1) is 14.6. The van der Waals surface area contributed by atoms with Crippen LogP contribution in [0.5, 0.6) is 11.5 Å². The lowest BCUT2D eigenvalue weighted by Crippen LogP contribution is -2.33. The highest BCUT2D eigenvalue weighted by Gasteiger charge is 2.14. The fourth-order valence-electron chi connectivity index (χ4n) is 1.85. The third-order valence-corrected chi connectivity index (χ3v) is 3.42. The molecule has 114 valence electrons. The lowest BCUT2D eigenvalue weighted by atomic mass is 10.3. The second-order valence-corrected chi connectivity index (χ2v) is 5.24. The molecule has 3 rings (SSSR count). The largest absolute Gasteiger partial charge is 0.454 e. The number of nitrogens with one attached hydrogen (secondary N) is 3. The number of fused-ring (bicyclic) bond motifs is 1. The summed E-state index contributed by atoms with van der Waals surface area (Å²) in [4.78, 5) is 11.8. The van der Waals surface area contributed by atoms with Gasteiger partial charge in [0.1, 0.15) is 0 Å². The summed E-state index contributed by atoms with van der Waals surface area (Å²) in [5, 5.41) is 3.57. The number of rotatable bonds is 3. The van der Waals surface area contributed by atoms with Gasteiger partial charge in [0.05, 0.1) is 10.7 Å². The van der Waals surface area contributed by atoms with Crippen LogP contribution in [-0.4, -0.2) is 12.8 Å². The summed E-state index contributed by atoms with van der Waals surface area (Å²) < 4.78 is 10.4. The summed E-state index contributed by atoms with van der Waals surface area (Å²) in [6.07, 6.45) is 0. The number of ether oxygens (including phenoxy) is 2. The molecular formula is C14H11Cl2N3O3. The molecule has 0 bridgehead atoms. The Morgan fingerprint density at radius 1 is 1.05 bits per heavy atom. The van der Waals surface area contributed by atoms with Crippen molar-refractivity contribution in [1.29, 1.82) is 0 Å². The topological polar surface area (TPSA) is 71.6 Å². The van der Waals surface area contributed by atoms with E-state index in [1.54, 1.807) is 36.4 Å². The molecule has 0 saturated carbocycles. The molecule has 22 heavy (non-hydrogen) atoms. The van der Waals surface area contributed by atoms with Crippen LogP contribution in [0.1, 0.15) is 0 Å². The smallest absolute Gasteiger partial charge is 0.337 e. The first-order valence-corrected chi connectivity index (χ1v) is 7.05. The maximum absolute atomic E-state index is 11.8. The van der Waals surface area contributed by atoms with Gasteiger partial charge in [-0.2, -0.15) is 0 Å². The molecule has 6 nitrogen and oxygen atoms in total. The van der Waals surface area contributed by atoms with Gasteiger partial charge in [0.15, 0.2) is 11.5 Å². The number of hydrazine groups is 1. The van der Waals surface area contributed by atoms with Crippen molar-refractivity contribution in [1.82, 2.24) is 5.43 Å². The Morgan fingerprint density at radius 2 is 1.86 bits per heavy atom. The van der Waals surface area contributed by atoms with Crippen LogP contribution in [0.15, 0.2) is 36.4 Å². The number of amides is 2. The Kier molecular flexibility index (Phi) is 4.13. The summed E-state index contributed by atoms with van der Waals surface area (Å²) in [6.45, 7) is 0.182. The van der Waals surface area contributed by atoms with Gasteiger partial charge >= 0.3 is 6.03 Å². The normalized spacial score (nSPS) is 11.9. The van der Waals surface area contributed by atoms with Crippen molar-refractivity contribution < 1.29 is 14.3 Å². The highest BCUT2D eigenvalue weighted by molar-refractivity contribution is 6.36. The van der Waals surface area contributed by atoms with Gasteiger partial charge in [-0.25, -0.2) is 4.79 Å². The van der Waals surface area contributed by atoms with Crippen LogP contribution in [0.4, 0.5) is 16.2 Å². The van der Waals surface area contributed by atoms with Crippen LogP contribution >= 0.6 is 23.2 Å². The second-order valence-electron chi connectivity index (χ2n) is 4.40. The van der Waals surface area contributed by atoms with Crippen molar-refractivity contribution in [3.05, 3.63) is 46.4 Å². The van der Waals surface area contributed by atoms with Crippen molar-refractivity contribution in [2.45, 2.75) is 0 Å². The van der Waals surface area contributed by atoms with Crippen LogP contribution in [0.25, 0.3) is 0 Å². The minimum Gasteiger partial charge on any atom is -0.454 e. The third-order valence-electron chi connectivity index (χ3n) is 2.87. The van der Waals surface area contributed by atoms with Gasteiger partial charge < -0.3 is 14.8 Å². The maximum atomic E-state index is 11.8. The first-order valence-electron chi connectivity index (χ1n) is 6.29. The average Bonchev–Trinajstić information content (AvgIpc) is 2.94. The van der Waals surface area contributed by atoms with E-state index in [0.717, 1.165) is 0 Å². The lowest BCUT2D eigenvalue weighted by molar-refractivity contribution is 0.174. The van der Waals surface area contributed by atoms with E-state index in [9.17, 15) is 4.79 Å². The number of carbonyl (C=O) groups excluding carboxylic acids is 1. The molecule has 0 aliphatic carbocycles. The number of urea groups is 1. The fraction of sp³-hybridized carbons (Fsp3) is 0.0714. The number of hydrogen-bond acceptors (Lipinski definition) is 4. The predicted molar refractivity (Wildman–Crippen MR) is 84.8 cm³/mol. The van der Waals surface area contributed by atoms with Gasteiger partial charge in [-0.15, -0.1) is 0 Å². The Balaban J connectivity index is 1.58. The van der Waals surface area contributed by atoms with E-state index in [-0.39, 0.29) is 6.79 Å². The van der Waals surface area contributed by atoms with E-state index < -0.39 is 6.03 Å². The third kappa shape index (κ3) is 3.29. The summed E-state index contributed by atoms with van der Waals surface area (Å²) in [6, 6.07) is 9.55. The Bertz CT molecular complexity index is 724. The second kappa shape index (κ2) is 6.21. The molecular weight excluding hydrogens is 329 g/mol. The molecule has 2 aromatic carbocycles. The number of halogens is 2. The molecule has 1 aliphatic rings. The van der Waals surface area contributed by atoms with E-state index >= 15 is 0 Å². The minimum atomic E-state index is -0.454. The highest BCUT2D eigenvalue weighted by atomic mass is 35.5. The summed E-state index contributed by atoms with van der Waals surface area (Å²) in [5.74, 6) is 1.24. The van der Waals surface area contributed by atoms with Gasteiger partial charge in [0, 0.05) is 16.8 Å². The maximum Gasteiger partial charge on any atom is 0.337 e. The summed E-state index contributed by atoms with van der Waals surface area (Å²) in [7, 11) is 0. The van der Waals surface area contributed by atoms with Gasteiger partial charge in [-0.3, -0.25) is 10.9 Å². The van der Waals surface area contributed by atoms with Crippen molar-refractivity contribution in [3.8, 4) is 11.5 Å². The zero-order valence-corrected chi connectivity index (χ0v) is 12.7. The lowest BCUT2D eigenvalue weighted by Gasteiger charge is -2.11. The fourth-order valence-corrected chi connectivity index (χ4v) is 2.31. The standard InChI is InChI=1S/C14H11Cl2N3O3/c15-8-1-3-11(10(16)5-8)18-19-14(20)17-9-2-4-12-13(6-9)22-7-21-12/h1-6,18H,7H2,(H2,17,19,20). The average molecular weight is 340 g/mol. The van der Waals surface area contributed by atoms with Crippen LogP contribution < -0.4 is 25.6 Å². The molecule has 2 amide bonds. The van der Waals surface area contributed by atoms with Crippen LogP contribution in [-0.2, 0) is 0 Å². The minimum absolute atomic E-state index is 0.182. The van der Waals surface area contributed by atoms with E-state index in [4.69, 9.17) is 32.7 Å². The molecule has 1 aliphatic heterocycles. The monoisotopic (exact) mass is 339 g/mol. The molecule has 0 fully saturated rings. The van der Waals surface area contributed by atoms with Gasteiger partial charge in [-0.1, -0.05) is 23.2 Å². The van der Waals surface area contributed by atoms with E-state index in [1.165, 1.54) is 0 Å². The molecule has 3 N–H and O–H groups in total. The van der Waals surface area contributed by atoms with Crippen molar-refractivity contribution in [2.24, 2.45) is 0 Å². The zero-order valence-electron chi connectivity index (χ0n) is 11.2. The molecule has 0 aromatic heterocycles. The number of anilines is 2.